The van der Waals surface area contributed by atoms with Crippen LogP contribution in [0.2, 0.25) is 0 Å². The normalized spacial score (nSPS) is 17.8. The number of nitrogens with one attached hydrogen (secondary N) is 2. The maximum atomic E-state index is 12.3. The van der Waals surface area contributed by atoms with Gasteiger partial charge in [-0.2, -0.15) is 0 Å². The molecule has 2 aromatic heterocycles. The third-order valence-electron chi connectivity index (χ3n) is 6.82. The van der Waals surface area contributed by atoms with Gasteiger partial charge in [0.05, 0.1) is 5.41 Å². The first-order valence-corrected chi connectivity index (χ1v) is 11.4. The Morgan fingerprint density at radius 1 is 1.06 bits per heavy atom. The van der Waals surface area contributed by atoms with E-state index in [1.165, 1.54) is 0 Å². The largest absolute Gasteiger partial charge is 0.480 e. The minimum absolute atomic E-state index is 0.140. The second-order valence-electron chi connectivity index (χ2n) is 8.88. The van der Waals surface area contributed by atoms with Crippen molar-refractivity contribution in [3.63, 3.8) is 0 Å². The summed E-state index contributed by atoms with van der Waals surface area (Å²) in [7, 11) is 0. The zero-order valence-corrected chi connectivity index (χ0v) is 18.3. The molecule has 3 aromatic rings. The Morgan fingerprint density at radius 3 is 2.55 bits per heavy atom. The first-order chi connectivity index (χ1) is 16.0. The van der Waals surface area contributed by atoms with E-state index in [2.05, 4.69) is 20.6 Å². The molecule has 0 unspecified atom stereocenters. The van der Waals surface area contributed by atoms with Gasteiger partial charge in [-0.05, 0) is 48.1 Å². The van der Waals surface area contributed by atoms with Gasteiger partial charge in [-0.25, -0.2) is 9.78 Å². The number of ketones is 1. The molecule has 1 atom stereocenters. The molecule has 7 nitrogen and oxygen atoms in total. The molecule has 1 fully saturated rings. The third-order valence-corrected chi connectivity index (χ3v) is 6.82. The Bertz CT molecular complexity index is 1220. The predicted molar refractivity (Wildman–Crippen MR) is 126 cm³/mol. The molecule has 168 valence electrons. The van der Waals surface area contributed by atoms with Gasteiger partial charge in [0.2, 0.25) is 0 Å². The van der Waals surface area contributed by atoms with Crippen LogP contribution in [0, 0.1) is 5.41 Å². The standard InChI is InChI=1S/C26H26N4O3/c31-23-15-22(26(23)10-2-1-3-11-26)30-21(25(32)33)14-17-4-6-19(7-5-17)29-24-20-16-27-12-8-18(20)9-13-28-24/h4-9,12-13,15-16,21,30H,1-3,10-11,14H2,(H,28,29)(H,32,33)/t21-/m0/s1. The minimum atomic E-state index is -0.920. The van der Waals surface area contributed by atoms with Gasteiger partial charge in [0.25, 0.3) is 0 Å². The fourth-order valence-electron chi connectivity index (χ4n) is 4.91. The van der Waals surface area contributed by atoms with Crippen LogP contribution in [0.25, 0.3) is 10.8 Å². The maximum absolute atomic E-state index is 12.3. The number of carboxylic acids is 1. The van der Waals surface area contributed by atoms with Crippen LogP contribution in [-0.2, 0) is 16.0 Å². The van der Waals surface area contributed by atoms with Crippen molar-refractivity contribution in [3.05, 3.63) is 72.3 Å². The molecule has 1 saturated carbocycles. The van der Waals surface area contributed by atoms with Gasteiger partial charge in [-0.15, -0.1) is 0 Å². The van der Waals surface area contributed by atoms with E-state index >= 15 is 0 Å². The fourth-order valence-corrected chi connectivity index (χ4v) is 4.91. The first kappa shape index (κ1) is 21.1. The van der Waals surface area contributed by atoms with Crippen LogP contribution in [-0.4, -0.2) is 32.9 Å². The molecule has 7 heteroatoms. The number of anilines is 2. The molecular formula is C26H26N4O3. The smallest absolute Gasteiger partial charge is 0.326 e. The quantitative estimate of drug-likeness (QED) is 0.499. The lowest BCUT2D eigenvalue weighted by Gasteiger charge is -2.44. The zero-order chi connectivity index (χ0) is 22.8. The Morgan fingerprint density at radius 2 is 1.82 bits per heavy atom. The number of hydrogen-bond acceptors (Lipinski definition) is 6. The van der Waals surface area contributed by atoms with Gasteiger partial charge in [0.1, 0.15) is 11.9 Å². The molecule has 0 saturated heterocycles. The van der Waals surface area contributed by atoms with Gasteiger partial charge in [-0.1, -0.05) is 31.4 Å². The summed E-state index contributed by atoms with van der Waals surface area (Å²) in [5.74, 6) is -0.0600. The van der Waals surface area contributed by atoms with Gasteiger partial charge < -0.3 is 15.7 Å². The summed E-state index contributed by atoms with van der Waals surface area (Å²) in [5.41, 5.74) is 2.08. The highest BCUT2D eigenvalue weighted by atomic mass is 16.4. The van der Waals surface area contributed by atoms with Crippen molar-refractivity contribution in [1.82, 2.24) is 15.3 Å². The van der Waals surface area contributed by atoms with E-state index in [0.29, 0.717) is 6.42 Å². The average molecular weight is 443 g/mol. The zero-order valence-electron chi connectivity index (χ0n) is 18.3. The SMILES string of the molecule is O=C(O)[C@H](Cc1ccc(Nc2nccc3ccncc23)cc1)NC1=CC(=O)C12CCCCC2. The molecule has 2 aliphatic rings. The van der Waals surface area contributed by atoms with E-state index < -0.39 is 17.4 Å². The van der Waals surface area contributed by atoms with Crippen LogP contribution < -0.4 is 10.6 Å². The average Bonchev–Trinajstić information content (AvgIpc) is 2.85. The van der Waals surface area contributed by atoms with Crippen LogP contribution >= 0.6 is 0 Å². The van der Waals surface area contributed by atoms with Crippen molar-refractivity contribution in [1.29, 1.82) is 0 Å². The molecule has 0 aliphatic heterocycles. The number of hydrogen-bond donors (Lipinski definition) is 3. The summed E-state index contributed by atoms with van der Waals surface area (Å²) < 4.78 is 0. The molecule has 33 heavy (non-hydrogen) atoms. The van der Waals surface area contributed by atoms with E-state index in [9.17, 15) is 14.7 Å². The van der Waals surface area contributed by atoms with Crippen molar-refractivity contribution in [2.24, 2.45) is 5.41 Å². The summed E-state index contributed by atoms with van der Waals surface area (Å²) in [5, 5.41) is 18.3. The van der Waals surface area contributed by atoms with E-state index in [-0.39, 0.29) is 5.78 Å². The van der Waals surface area contributed by atoms with E-state index in [1.807, 2.05) is 36.4 Å². The second-order valence-corrected chi connectivity index (χ2v) is 8.88. The number of aromatic nitrogens is 2. The highest BCUT2D eigenvalue weighted by Gasteiger charge is 2.49. The number of fused-ring (bicyclic) bond motifs is 1. The molecule has 1 spiro atoms. The van der Waals surface area contributed by atoms with Crippen molar-refractivity contribution >= 4 is 34.0 Å². The summed E-state index contributed by atoms with van der Waals surface area (Å²) in [6.45, 7) is 0. The number of carbonyl (C=O) groups excluding carboxylic acids is 1. The molecular weight excluding hydrogens is 416 g/mol. The number of carboxylic acid groups (broad SMARTS) is 1. The first-order valence-electron chi connectivity index (χ1n) is 11.4. The highest BCUT2D eigenvalue weighted by molar-refractivity contribution is 6.05. The minimum Gasteiger partial charge on any atom is -0.480 e. The van der Waals surface area contributed by atoms with Crippen molar-refractivity contribution in [2.45, 2.75) is 44.6 Å². The van der Waals surface area contributed by atoms with E-state index in [4.69, 9.17) is 0 Å². The molecule has 2 aliphatic carbocycles. The van der Waals surface area contributed by atoms with Crippen molar-refractivity contribution in [2.75, 3.05) is 5.32 Å². The number of benzene rings is 1. The Balaban J connectivity index is 1.28. The van der Waals surface area contributed by atoms with Crippen LogP contribution in [0.5, 0.6) is 0 Å². The Kier molecular flexibility index (Phi) is 5.54. The monoisotopic (exact) mass is 442 g/mol. The van der Waals surface area contributed by atoms with Gasteiger partial charge >= 0.3 is 5.97 Å². The number of aliphatic carboxylic acids is 1. The van der Waals surface area contributed by atoms with E-state index in [0.717, 1.165) is 65.6 Å². The molecule has 3 N–H and O–H groups in total. The Labute approximate surface area is 192 Å². The van der Waals surface area contributed by atoms with Gasteiger partial charge in [0.15, 0.2) is 5.78 Å². The fraction of sp³-hybridized carbons (Fsp3) is 0.308. The molecule has 2 heterocycles. The number of carbonyl (C=O) groups is 2. The molecule has 0 bridgehead atoms. The molecule has 1 aromatic carbocycles. The molecule has 0 amide bonds. The van der Waals surface area contributed by atoms with Crippen molar-refractivity contribution < 1.29 is 14.7 Å². The van der Waals surface area contributed by atoms with Crippen LogP contribution in [0.1, 0.15) is 37.7 Å². The summed E-state index contributed by atoms with van der Waals surface area (Å²) >= 11 is 0. The lowest BCUT2D eigenvalue weighted by atomic mass is 9.62. The second kappa shape index (κ2) is 8.65. The third kappa shape index (κ3) is 4.06. The number of rotatable bonds is 7. The summed E-state index contributed by atoms with van der Waals surface area (Å²) in [6.07, 6.45) is 12.0. The topological polar surface area (TPSA) is 104 Å². The maximum Gasteiger partial charge on any atom is 0.326 e. The lowest BCUT2D eigenvalue weighted by Crippen LogP contribution is -2.51. The predicted octanol–water partition coefficient (Wildman–Crippen LogP) is 4.38. The number of nitrogens with zero attached hydrogens (tertiary/aromatic N) is 2. The van der Waals surface area contributed by atoms with Crippen molar-refractivity contribution in [3.8, 4) is 0 Å². The number of allylic oxidation sites excluding steroid dienone is 2. The van der Waals surface area contributed by atoms with Gasteiger partial charge in [0, 0.05) is 47.9 Å². The molecule has 0 radical (unpaired) electrons. The summed E-state index contributed by atoms with van der Waals surface area (Å²) in [6, 6.07) is 10.8. The summed E-state index contributed by atoms with van der Waals surface area (Å²) in [4.78, 5) is 32.9. The highest BCUT2D eigenvalue weighted by Crippen LogP contribution is 2.48. The van der Waals surface area contributed by atoms with Gasteiger partial charge in [-0.3, -0.25) is 9.78 Å². The van der Waals surface area contributed by atoms with Crippen LogP contribution in [0.4, 0.5) is 11.5 Å². The lowest BCUT2D eigenvalue weighted by molar-refractivity contribution is -0.140. The molecule has 5 rings (SSSR count). The van der Waals surface area contributed by atoms with Crippen LogP contribution in [0.15, 0.2) is 66.8 Å². The van der Waals surface area contributed by atoms with Crippen LogP contribution in [0.3, 0.4) is 0 Å². The Hall–Kier alpha value is -3.74. The van der Waals surface area contributed by atoms with E-state index in [1.54, 1.807) is 24.7 Å². The number of pyridine rings is 2.